The molecule has 1 heterocycles. The lowest BCUT2D eigenvalue weighted by Crippen LogP contribution is -2.26. The summed E-state index contributed by atoms with van der Waals surface area (Å²) in [6.07, 6.45) is -4.50. The van der Waals surface area contributed by atoms with Crippen LogP contribution in [0.5, 0.6) is 0 Å². The molecule has 0 amide bonds. The van der Waals surface area contributed by atoms with Crippen molar-refractivity contribution in [3.8, 4) is 11.1 Å². The van der Waals surface area contributed by atoms with E-state index in [-0.39, 0.29) is 6.54 Å². The number of halogens is 2. The molecule has 0 bridgehead atoms. The number of aromatic nitrogens is 1. The van der Waals surface area contributed by atoms with Gasteiger partial charge in [0.25, 0.3) is 6.43 Å². The summed E-state index contributed by atoms with van der Waals surface area (Å²) in [4.78, 5) is 0. The van der Waals surface area contributed by atoms with E-state index in [1.54, 1.807) is 0 Å². The number of hydrogen-bond donors (Lipinski definition) is 3. The van der Waals surface area contributed by atoms with Crippen molar-refractivity contribution in [3.63, 3.8) is 0 Å². The third kappa shape index (κ3) is 3.18. The highest BCUT2D eigenvalue weighted by molar-refractivity contribution is 7.11. The summed E-state index contributed by atoms with van der Waals surface area (Å²) in [5, 5.41) is 12.4. The molecule has 0 aliphatic carbocycles. The number of alkyl halides is 2. The Morgan fingerprint density at radius 3 is 2.63 bits per heavy atom. The van der Waals surface area contributed by atoms with Crippen molar-refractivity contribution < 1.29 is 13.9 Å². The molecule has 1 aromatic heterocycles. The zero-order valence-corrected chi connectivity index (χ0v) is 10.7. The van der Waals surface area contributed by atoms with Gasteiger partial charge in [-0.2, -0.15) is 4.37 Å². The molecule has 1 atom stereocenters. The Kier molecular flexibility index (Phi) is 4.28. The van der Waals surface area contributed by atoms with Gasteiger partial charge in [0.05, 0.1) is 5.56 Å². The average molecular weight is 285 g/mol. The first kappa shape index (κ1) is 13.7. The number of rotatable bonds is 5. The van der Waals surface area contributed by atoms with Crippen LogP contribution in [0.25, 0.3) is 11.1 Å². The Labute approximate surface area is 113 Å². The smallest absolute Gasteiger partial charge is 0.265 e. The minimum Gasteiger partial charge on any atom is -0.385 e. The molecule has 4 N–H and O–H groups in total. The highest BCUT2D eigenvalue weighted by Crippen LogP contribution is 2.36. The van der Waals surface area contributed by atoms with Crippen LogP contribution in [0.15, 0.2) is 30.3 Å². The van der Waals surface area contributed by atoms with Gasteiger partial charge in [0.15, 0.2) is 0 Å². The standard InChI is InChI=1S/C12H13F2N3OS/c13-10(14)8(18)6-16-12-9(11(15)17-19-12)7-4-2-1-3-5-7/h1-5,8,10,16,18H,6H2,(H2,15,17). The van der Waals surface area contributed by atoms with E-state index in [1.165, 1.54) is 0 Å². The molecule has 1 unspecified atom stereocenters. The van der Waals surface area contributed by atoms with Crippen molar-refractivity contribution >= 4 is 22.4 Å². The fourth-order valence-corrected chi connectivity index (χ4v) is 2.34. The number of aliphatic hydroxyl groups is 1. The van der Waals surface area contributed by atoms with Crippen LogP contribution in [-0.2, 0) is 0 Å². The lowest BCUT2D eigenvalue weighted by atomic mass is 10.1. The van der Waals surface area contributed by atoms with E-state index in [1.807, 2.05) is 30.3 Å². The molecule has 1 aromatic carbocycles. The number of benzene rings is 1. The van der Waals surface area contributed by atoms with Gasteiger partial charge in [0.1, 0.15) is 16.9 Å². The van der Waals surface area contributed by atoms with E-state index in [2.05, 4.69) is 9.69 Å². The number of nitrogens with one attached hydrogen (secondary N) is 1. The summed E-state index contributed by atoms with van der Waals surface area (Å²) < 4.78 is 28.5. The second-order valence-corrected chi connectivity index (χ2v) is 4.69. The first-order chi connectivity index (χ1) is 9.09. The maximum absolute atomic E-state index is 12.2. The SMILES string of the molecule is Nc1nsc(NCC(O)C(F)F)c1-c1ccccc1. The van der Waals surface area contributed by atoms with E-state index < -0.39 is 12.5 Å². The molecule has 2 aromatic rings. The van der Waals surface area contributed by atoms with Crippen molar-refractivity contribution in [3.05, 3.63) is 30.3 Å². The third-order valence-electron chi connectivity index (χ3n) is 2.54. The fraction of sp³-hybridized carbons (Fsp3) is 0.250. The highest BCUT2D eigenvalue weighted by atomic mass is 32.1. The van der Waals surface area contributed by atoms with Crippen molar-refractivity contribution in [2.75, 3.05) is 17.6 Å². The molecule has 0 aliphatic rings. The van der Waals surface area contributed by atoms with Gasteiger partial charge < -0.3 is 16.2 Å². The van der Waals surface area contributed by atoms with Gasteiger partial charge in [0, 0.05) is 6.54 Å². The largest absolute Gasteiger partial charge is 0.385 e. The quantitative estimate of drug-likeness (QED) is 0.789. The molecule has 2 rings (SSSR count). The predicted molar refractivity (Wildman–Crippen MR) is 72.5 cm³/mol. The maximum Gasteiger partial charge on any atom is 0.265 e. The monoisotopic (exact) mass is 285 g/mol. The number of anilines is 2. The number of hydrogen-bond acceptors (Lipinski definition) is 5. The normalized spacial score (nSPS) is 12.6. The lowest BCUT2D eigenvalue weighted by Gasteiger charge is -2.11. The maximum atomic E-state index is 12.2. The molecular formula is C12H13F2N3OS. The summed E-state index contributed by atoms with van der Waals surface area (Å²) in [6.45, 7) is -0.251. The van der Waals surface area contributed by atoms with E-state index >= 15 is 0 Å². The van der Waals surface area contributed by atoms with Crippen LogP contribution in [-0.4, -0.2) is 28.6 Å². The van der Waals surface area contributed by atoms with Gasteiger partial charge in [0.2, 0.25) is 0 Å². The second-order valence-electron chi connectivity index (χ2n) is 3.92. The van der Waals surface area contributed by atoms with E-state index in [9.17, 15) is 8.78 Å². The number of nitrogen functional groups attached to an aromatic ring is 1. The first-order valence-corrected chi connectivity index (χ1v) is 6.37. The minimum atomic E-state index is -2.78. The Morgan fingerprint density at radius 1 is 1.32 bits per heavy atom. The molecule has 19 heavy (non-hydrogen) atoms. The van der Waals surface area contributed by atoms with E-state index in [0.29, 0.717) is 16.4 Å². The van der Waals surface area contributed by atoms with Gasteiger partial charge in [-0.1, -0.05) is 30.3 Å². The van der Waals surface area contributed by atoms with Crippen LogP contribution >= 0.6 is 11.5 Å². The van der Waals surface area contributed by atoms with Crippen LogP contribution in [0.3, 0.4) is 0 Å². The molecule has 0 aliphatic heterocycles. The molecule has 4 nitrogen and oxygen atoms in total. The molecule has 0 spiro atoms. The summed E-state index contributed by atoms with van der Waals surface area (Å²) in [5.74, 6) is 0.338. The lowest BCUT2D eigenvalue weighted by molar-refractivity contribution is 0.00388. The van der Waals surface area contributed by atoms with Crippen molar-refractivity contribution in [2.24, 2.45) is 0 Å². The highest BCUT2D eigenvalue weighted by Gasteiger charge is 2.19. The van der Waals surface area contributed by atoms with Crippen LogP contribution in [0.2, 0.25) is 0 Å². The molecule has 7 heteroatoms. The Balaban J connectivity index is 2.19. The van der Waals surface area contributed by atoms with Crippen LogP contribution in [0, 0.1) is 0 Å². The Bertz CT molecular complexity index is 533. The summed E-state index contributed by atoms with van der Waals surface area (Å²) in [5.41, 5.74) is 7.31. The van der Waals surface area contributed by atoms with Gasteiger partial charge in [-0.05, 0) is 17.1 Å². The zero-order valence-electron chi connectivity index (χ0n) is 9.88. The summed E-state index contributed by atoms with van der Waals surface area (Å²) >= 11 is 1.08. The molecule has 0 saturated heterocycles. The van der Waals surface area contributed by atoms with Crippen molar-refractivity contribution in [1.82, 2.24) is 4.37 Å². The fourth-order valence-electron chi connectivity index (χ4n) is 1.59. The third-order valence-corrected chi connectivity index (χ3v) is 3.36. The van der Waals surface area contributed by atoms with Crippen LogP contribution in [0.1, 0.15) is 0 Å². The van der Waals surface area contributed by atoms with Gasteiger partial charge in [-0.15, -0.1) is 0 Å². The molecule has 0 saturated carbocycles. The van der Waals surface area contributed by atoms with Crippen LogP contribution < -0.4 is 11.1 Å². The van der Waals surface area contributed by atoms with Crippen molar-refractivity contribution in [2.45, 2.75) is 12.5 Å². The Hall–Kier alpha value is -1.73. The van der Waals surface area contributed by atoms with Crippen molar-refractivity contribution in [1.29, 1.82) is 0 Å². The summed E-state index contributed by atoms with van der Waals surface area (Å²) in [6, 6.07) is 9.28. The zero-order chi connectivity index (χ0) is 13.8. The van der Waals surface area contributed by atoms with E-state index in [0.717, 1.165) is 17.1 Å². The van der Waals surface area contributed by atoms with Crippen LogP contribution in [0.4, 0.5) is 19.6 Å². The number of aliphatic hydroxyl groups excluding tert-OH is 1. The molecular weight excluding hydrogens is 272 g/mol. The molecule has 0 fully saturated rings. The van der Waals surface area contributed by atoms with E-state index in [4.69, 9.17) is 10.8 Å². The number of nitrogens with zero attached hydrogens (tertiary/aromatic N) is 1. The minimum absolute atomic E-state index is 0.251. The average Bonchev–Trinajstić information content (AvgIpc) is 2.78. The number of nitrogens with two attached hydrogens (primary N) is 1. The molecule has 0 radical (unpaired) electrons. The Morgan fingerprint density at radius 2 is 2.00 bits per heavy atom. The van der Waals surface area contributed by atoms with Gasteiger partial charge in [-0.3, -0.25) is 0 Å². The molecule has 102 valence electrons. The predicted octanol–water partition coefficient (Wildman–Crippen LogP) is 2.43. The second kappa shape index (κ2) is 5.94. The van der Waals surface area contributed by atoms with Gasteiger partial charge in [-0.25, -0.2) is 8.78 Å². The van der Waals surface area contributed by atoms with Gasteiger partial charge >= 0.3 is 0 Å². The summed E-state index contributed by atoms with van der Waals surface area (Å²) in [7, 11) is 0. The first-order valence-electron chi connectivity index (χ1n) is 5.60. The topological polar surface area (TPSA) is 71.2 Å².